The van der Waals surface area contributed by atoms with Gasteiger partial charge in [-0.15, -0.1) is 0 Å². The second-order valence-corrected chi connectivity index (χ2v) is 4.61. The number of aromatic nitrogens is 2. The van der Waals surface area contributed by atoms with Crippen molar-refractivity contribution >= 4 is 23.3 Å². The second-order valence-electron chi connectivity index (χ2n) is 4.27. The Labute approximate surface area is 93.3 Å². The third-order valence-corrected chi connectivity index (χ3v) is 2.85. The summed E-state index contributed by atoms with van der Waals surface area (Å²) in [5.74, 6) is 0.683. The summed E-state index contributed by atoms with van der Waals surface area (Å²) in [5.41, 5.74) is -0.294. The zero-order valence-electron chi connectivity index (χ0n) is 8.70. The quantitative estimate of drug-likeness (QED) is 0.686. The molecule has 80 valence electrons. The van der Waals surface area contributed by atoms with Gasteiger partial charge < -0.3 is 0 Å². The molecule has 1 aromatic heterocycles. The molecule has 2 rings (SSSR count). The molecule has 0 bridgehead atoms. The molecule has 1 aliphatic heterocycles. The first kappa shape index (κ1) is 10.4. The number of nitrogens with zero attached hydrogens (tertiary/aromatic N) is 3. The van der Waals surface area contributed by atoms with E-state index in [-0.39, 0.29) is 16.6 Å². The van der Waals surface area contributed by atoms with Crippen LogP contribution >= 0.6 is 11.6 Å². The molecule has 1 aromatic rings. The van der Waals surface area contributed by atoms with Crippen LogP contribution in [0.2, 0.25) is 5.28 Å². The maximum atomic E-state index is 12.0. The molecule has 1 aliphatic rings. The van der Waals surface area contributed by atoms with Crippen LogP contribution in [0, 0.1) is 5.41 Å². The normalized spacial score (nSPS) is 19.7. The van der Waals surface area contributed by atoms with Crippen LogP contribution in [0.1, 0.15) is 20.3 Å². The number of anilines is 1. The maximum Gasteiger partial charge on any atom is 0.233 e. The van der Waals surface area contributed by atoms with Crippen LogP contribution in [0.15, 0.2) is 12.3 Å². The summed E-state index contributed by atoms with van der Waals surface area (Å²) in [6.45, 7) is 4.58. The Hall–Kier alpha value is -1.16. The van der Waals surface area contributed by atoms with Crippen LogP contribution in [0.4, 0.5) is 5.82 Å². The van der Waals surface area contributed by atoms with Crippen molar-refractivity contribution < 1.29 is 4.79 Å². The van der Waals surface area contributed by atoms with Crippen molar-refractivity contribution in [2.24, 2.45) is 5.41 Å². The highest BCUT2D eigenvalue weighted by Crippen LogP contribution is 2.33. The number of rotatable bonds is 1. The number of halogens is 1. The first-order chi connectivity index (χ1) is 7.00. The van der Waals surface area contributed by atoms with Gasteiger partial charge in [-0.05, 0) is 24.1 Å². The van der Waals surface area contributed by atoms with Crippen LogP contribution in [-0.2, 0) is 4.79 Å². The molecule has 5 heteroatoms. The van der Waals surface area contributed by atoms with Crippen LogP contribution in [-0.4, -0.2) is 22.4 Å². The molecule has 0 aliphatic carbocycles. The molecule has 0 aromatic carbocycles. The van der Waals surface area contributed by atoms with Crippen LogP contribution in [0.25, 0.3) is 0 Å². The second kappa shape index (κ2) is 3.45. The van der Waals surface area contributed by atoms with Gasteiger partial charge in [0.05, 0.1) is 0 Å². The Morgan fingerprint density at radius 2 is 2.27 bits per heavy atom. The lowest BCUT2D eigenvalue weighted by molar-refractivity contribution is -0.124. The smallest absolute Gasteiger partial charge is 0.233 e. The Kier molecular flexibility index (Phi) is 2.38. The minimum atomic E-state index is -0.294. The Morgan fingerprint density at radius 3 is 2.80 bits per heavy atom. The summed E-state index contributed by atoms with van der Waals surface area (Å²) in [7, 11) is 0. The number of hydrogen-bond acceptors (Lipinski definition) is 3. The molecule has 0 saturated carbocycles. The molecule has 2 heterocycles. The van der Waals surface area contributed by atoms with E-state index < -0.39 is 0 Å². The molecular formula is C10H12ClN3O. The van der Waals surface area contributed by atoms with Gasteiger partial charge in [0, 0.05) is 18.2 Å². The van der Waals surface area contributed by atoms with Crippen molar-refractivity contribution in [3.05, 3.63) is 17.5 Å². The lowest BCUT2D eigenvalue weighted by atomic mass is 9.92. The summed E-state index contributed by atoms with van der Waals surface area (Å²) in [6, 6.07) is 1.70. The number of amides is 1. The lowest BCUT2D eigenvalue weighted by Gasteiger charge is -2.18. The van der Waals surface area contributed by atoms with Gasteiger partial charge in [0.15, 0.2) is 0 Å². The van der Waals surface area contributed by atoms with Crippen LogP contribution in [0.5, 0.6) is 0 Å². The fourth-order valence-electron chi connectivity index (χ4n) is 1.66. The van der Waals surface area contributed by atoms with Gasteiger partial charge in [0.1, 0.15) is 5.82 Å². The largest absolute Gasteiger partial charge is 0.296 e. The van der Waals surface area contributed by atoms with E-state index in [0.717, 1.165) is 6.42 Å². The Bertz CT molecular complexity index is 405. The molecule has 4 nitrogen and oxygen atoms in total. The van der Waals surface area contributed by atoms with Crippen LogP contribution < -0.4 is 4.90 Å². The molecule has 1 saturated heterocycles. The average Bonchev–Trinajstić information content (AvgIpc) is 2.42. The fraction of sp³-hybridized carbons (Fsp3) is 0.500. The summed E-state index contributed by atoms with van der Waals surface area (Å²) >= 11 is 5.68. The predicted octanol–water partition coefficient (Wildman–Crippen LogP) is 1.89. The van der Waals surface area contributed by atoms with E-state index in [4.69, 9.17) is 11.6 Å². The van der Waals surface area contributed by atoms with E-state index in [1.165, 1.54) is 0 Å². The maximum absolute atomic E-state index is 12.0. The zero-order chi connectivity index (χ0) is 11.1. The van der Waals surface area contributed by atoms with Gasteiger partial charge in [-0.25, -0.2) is 9.97 Å². The highest BCUT2D eigenvalue weighted by atomic mass is 35.5. The van der Waals surface area contributed by atoms with E-state index in [1.54, 1.807) is 17.2 Å². The highest BCUT2D eigenvalue weighted by molar-refractivity contribution is 6.28. The molecule has 0 unspecified atom stereocenters. The monoisotopic (exact) mass is 225 g/mol. The number of hydrogen-bond donors (Lipinski definition) is 0. The topological polar surface area (TPSA) is 46.1 Å². The van der Waals surface area contributed by atoms with E-state index in [1.807, 2.05) is 13.8 Å². The van der Waals surface area contributed by atoms with Crippen LogP contribution in [0.3, 0.4) is 0 Å². The molecule has 1 amide bonds. The van der Waals surface area contributed by atoms with E-state index >= 15 is 0 Å². The fourth-order valence-corrected chi connectivity index (χ4v) is 1.80. The first-order valence-corrected chi connectivity index (χ1v) is 5.19. The lowest BCUT2D eigenvalue weighted by Crippen LogP contribution is -2.31. The zero-order valence-corrected chi connectivity index (χ0v) is 9.45. The highest BCUT2D eigenvalue weighted by Gasteiger charge is 2.39. The summed E-state index contributed by atoms with van der Waals surface area (Å²) in [5, 5.41) is 0.171. The standard InChI is InChI=1S/C10H12ClN3O/c1-10(2)4-6-14(8(10)15)7-3-5-12-9(11)13-7/h3,5H,4,6H2,1-2H3. The van der Waals surface area contributed by atoms with E-state index in [2.05, 4.69) is 9.97 Å². The summed E-state index contributed by atoms with van der Waals surface area (Å²) in [6.07, 6.45) is 2.40. The number of carbonyl (C=O) groups is 1. The Morgan fingerprint density at radius 1 is 1.53 bits per heavy atom. The third kappa shape index (κ3) is 1.81. The molecule has 0 radical (unpaired) electrons. The van der Waals surface area contributed by atoms with Crippen molar-refractivity contribution in [1.82, 2.24) is 9.97 Å². The average molecular weight is 226 g/mol. The SMILES string of the molecule is CC1(C)CCN(c2ccnc(Cl)n2)C1=O. The minimum Gasteiger partial charge on any atom is -0.296 e. The summed E-state index contributed by atoms with van der Waals surface area (Å²) in [4.78, 5) is 21.4. The molecule has 1 fully saturated rings. The van der Waals surface area contributed by atoms with E-state index in [0.29, 0.717) is 12.4 Å². The van der Waals surface area contributed by atoms with Crippen molar-refractivity contribution in [3.63, 3.8) is 0 Å². The van der Waals surface area contributed by atoms with Crippen molar-refractivity contribution in [2.45, 2.75) is 20.3 Å². The van der Waals surface area contributed by atoms with Gasteiger partial charge in [-0.1, -0.05) is 13.8 Å². The van der Waals surface area contributed by atoms with Gasteiger partial charge in [-0.3, -0.25) is 9.69 Å². The van der Waals surface area contributed by atoms with Gasteiger partial charge in [0.2, 0.25) is 11.2 Å². The van der Waals surface area contributed by atoms with Crippen molar-refractivity contribution in [1.29, 1.82) is 0 Å². The third-order valence-electron chi connectivity index (χ3n) is 2.67. The first-order valence-electron chi connectivity index (χ1n) is 4.81. The molecular weight excluding hydrogens is 214 g/mol. The molecule has 0 atom stereocenters. The predicted molar refractivity (Wildman–Crippen MR) is 57.8 cm³/mol. The Balaban J connectivity index is 2.31. The summed E-state index contributed by atoms with van der Waals surface area (Å²) < 4.78 is 0. The molecule has 15 heavy (non-hydrogen) atoms. The molecule has 0 spiro atoms. The van der Waals surface area contributed by atoms with Gasteiger partial charge >= 0.3 is 0 Å². The number of carbonyl (C=O) groups excluding carboxylic acids is 1. The van der Waals surface area contributed by atoms with Crippen molar-refractivity contribution in [3.8, 4) is 0 Å². The van der Waals surface area contributed by atoms with E-state index in [9.17, 15) is 4.79 Å². The molecule has 0 N–H and O–H groups in total. The van der Waals surface area contributed by atoms with Gasteiger partial charge in [-0.2, -0.15) is 0 Å². The minimum absolute atomic E-state index is 0.0947. The van der Waals surface area contributed by atoms with Gasteiger partial charge in [0.25, 0.3) is 0 Å². The van der Waals surface area contributed by atoms with Crippen molar-refractivity contribution in [2.75, 3.05) is 11.4 Å².